The molecular formula is C17H20O. The first kappa shape index (κ1) is 12.7. The van der Waals surface area contributed by atoms with Crippen molar-refractivity contribution in [3.63, 3.8) is 0 Å². The minimum atomic E-state index is 0.230. The highest BCUT2D eigenvalue weighted by Crippen LogP contribution is 2.29. The summed E-state index contributed by atoms with van der Waals surface area (Å²) >= 11 is 0. The van der Waals surface area contributed by atoms with Gasteiger partial charge >= 0.3 is 0 Å². The number of hydrogen-bond acceptors (Lipinski definition) is 1. The molecule has 2 aromatic carbocycles. The van der Waals surface area contributed by atoms with Crippen molar-refractivity contribution in [3.8, 4) is 16.9 Å². The van der Waals surface area contributed by atoms with Crippen LogP contribution in [0.4, 0.5) is 0 Å². The molecule has 0 aliphatic heterocycles. The highest BCUT2D eigenvalue weighted by atomic mass is 16.3. The van der Waals surface area contributed by atoms with Gasteiger partial charge in [-0.1, -0.05) is 57.2 Å². The van der Waals surface area contributed by atoms with Crippen LogP contribution in [0.15, 0.2) is 48.5 Å². The zero-order valence-corrected chi connectivity index (χ0v) is 11.3. The van der Waals surface area contributed by atoms with Crippen molar-refractivity contribution in [2.75, 3.05) is 0 Å². The molecule has 0 aromatic heterocycles. The van der Waals surface area contributed by atoms with Gasteiger partial charge in [0.1, 0.15) is 5.75 Å². The zero-order valence-electron chi connectivity index (χ0n) is 11.3. The molecule has 0 radical (unpaired) electrons. The molecule has 0 unspecified atom stereocenters. The molecule has 94 valence electrons. The minimum Gasteiger partial charge on any atom is -0.508 e. The molecule has 1 N–H and O–H groups in total. The van der Waals surface area contributed by atoms with Crippen molar-refractivity contribution >= 4 is 0 Å². The van der Waals surface area contributed by atoms with E-state index in [0.717, 1.165) is 12.0 Å². The number of aromatic hydroxyl groups is 1. The van der Waals surface area contributed by atoms with Gasteiger partial charge in [0.15, 0.2) is 0 Å². The van der Waals surface area contributed by atoms with Gasteiger partial charge in [-0.3, -0.25) is 0 Å². The fourth-order valence-electron chi connectivity index (χ4n) is 1.97. The Bertz CT molecular complexity index is 506. The van der Waals surface area contributed by atoms with Gasteiger partial charge in [-0.15, -0.1) is 0 Å². The van der Waals surface area contributed by atoms with Crippen LogP contribution < -0.4 is 0 Å². The van der Waals surface area contributed by atoms with Crippen LogP contribution in [0.25, 0.3) is 11.1 Å². The lowest BCUT2D eigenvalue weighted by molar-refractivity contribution is 0.475. The summed E-state index contributed by atoms with van der Waals surface area (Å²) in [5.74, 6) is 0.308. The Hall–Kier alpha value is -1.76. The second kappa shape index (κ2) is 4.85. The number of phenols is 1. The lowest BCUT2D eigenvalue weighted by Gasteiger charge is -2.23. The van der Waals surface area contributed by atoms with Crippen molar-refractivity contribution in [2.45, 2.75) is 32.6 Å². The van der Waals surface area contributed by atoms with Crippen molar-refractivity contribution in [3.05, 3.63) is 54.1 Å². The summed E-state index contributed by atoms with van der Waals surface area (Å²) < 4.78 is 0. The maximum Gasteiger partial charge on any atom is 0.115 e. The number of phenolic OH excluding ortho intramolecular Hbond substituents is 1. The summed E-state index contributed by atoms with van der Waals surface area (Å²) in [4.78, 5) is 0. The topological polar surface area (TPSA) is 20.2 Å². The monoisotopic (exact) mass is 240 g/mol. The molecule has 0 atom stereocenters. The van der Waals surface area contributed by atoms with E-state index in [2.05, 4.69) is 45.0 Å². The molecule has 0 saturated carbocycles. The summed E-state index contributed by atoms with van der Waals surface area (Å²) in [6.45, 7) is 6.75. The Morgan fingerprint density at radius 1 is 0.833 bits per heavy atom. The highest BCUT2D eigenvalue weighted by molar-refractivity contribution is 5.64. The van der Waals surface area contributed by atoms with Crippen molar-refractivity contribution < 1.29 is 5.11 Å². The van der Waals surface area contributed by atoms with Crippen LogP contribution in [0.1, 0.15) is 32.8 Å². The van der Waals surface area contributed by atoms with E-state index in [1.807, 2.05) is 12.1 Å². The lowest BCUT2D eigenvalue weighted by atomic mass is 9.82. The molecule has 0 fully saturated rings. The first-order chi connectivity index (χ1) is 8.53. The molecule has 0 bridgehead atoms. The Morgan fingerprint density at radius 3 is 1.72 bits per heavy atom. The van der Waals surface area contributed by atoms with Crippen LogP contribution in [0.2, 0.25) is 0 Å². The van der Waals surface area contributed by atoms with Crippen LogP contribution in [-0.4, -0.2) is 5.11 Å². The van der Waals surface area contributed by atoms with E-state index in [0.29, 0.717) is 5.75 Å². The second-order valence-electron chi connectivity index (χ2n) is 5.36. The Labute approximate surface area is 109 Å². The van der Waals surface area contributed by atoms with E-state index < -0.39 is 0 Å². The average molecular weight is 240 g/mol. The molecule has 1 heteroatoms. The van der Waals surface area contributed by atoms with Gasteiger partial charge in [-0.25, -0.2) is 0 Å². The van der Waals surface area contributed by atoms with E-state index >= 15 is 0 Å². The van der Waals surface area contributed by atoms with Gasteiger partial charge in [0.25, 0.3) is 0 Å². The van der Waals surface area contributed by atoms with Gasteiger partial charge in [0, 0.05) is 0 Å². The normalized spacial score (nSPS) is 11.5. The van der Waals surface area contributed by atoms with Gasteiger partial charge < -0.3 is 5.11 Å². The van der Waals surface area contributed by atoms with E-state index in [1.165, 1.54) is 11.1 Å². The quantitative estimate of drug-likeness (QED) is 0.821. The van der Waals surface area contributed by atoms with Gasteiger partial charge in [-0.2, -0.15) is 0 Å². The molecule has 0 heterocycles. The molecule has 0 spiro atoms. The molecule has 2 rings (SSSR count). The number of rotatable bonds is 3. The van der Waals surface area contributed by atoms with Crippen LogP contribution in [-0.2, 0) is 5.41 Å². The number of benzene rings is 2. The van der Waals surface area contributed by atoms with Gasteiger partial charge in [0.2, 0.25) is 0 Å². The van der Waals surface area contributed by atoms with Crippen molar-refractivity contribution in [1.82, 2.24) is 0 Å². The molecule has 0 aliphatic carbocycles. The minimum absolute atomic E-state index is 0.230. The highest BCUT2D eigenvalue weighted by Gasteiger charge is 2.17. The fourth-order valence-corrected chi connectivity index (χ4v) is 1.97. The Morgan fingerprint density at radius 2 is 1.28 bits per heavy atom. The summed E-state index contributed by atoms with van der Waals surface area (Å²) in [5.41, 5.74) is 3.92. The molecule has 0 saturated heterocycles. The smallest absolute Gasteiger partial charge is 0.115 e. The van der Waals surface area contributed by atoms with Crippen molar-refractivity contribution in [2.24, 2.45) is 0 Å². The first-order valence-electron chi connectivity index (χ1n) is 6.43. The fraction of sp³-hybridized carbons (Fsp3) is 0.294. The maximum atomic E-state index is 9.29. The Balaban J connectivity index is 2.30. The lowest BCUT2D eigenvalue weighted by Crippen LogP contribution is -2.14. The molecular weight excluding hydrogens is 220 g/mol. The van der Waals surface area contributed by atoms with Gasteiger partial charge in [0.05, 0.1) is 0 Å². The SMILES string of the molecule is CCC(C)(C)c1ccc(-c2ccc(O)cc2)cc1. The summed E-state index contributed by atoms with van der Waals surface area (Å²) in [6, 6.07) is 16.0. The van der Waals surface area contributed by atoms with Crippen LogP contribution in [0.3, 0.4) is 0 Å². The van der Waals surface area contributed by atoms with Gasteiger partial charge in [-0.05, 0) is 40.7 Å². The third-order valence-corrected chi connectivity index (χ3v) is 3.75. The Kier molecular flexibility index (Phi) is 3.42. The first-order valence-corrected chi connectivity index (χ1v) is 6.43. The van der Waals surface area contributed by atoms with E-state index in [4.69, 9.17) is 0 Å². The number of hydrogen-bond donors (Lipinski definition) is 1. The zero-order chi connectivity index (χ0) is 13.2. The van der Waals surface area contributed by atoms with E-state index in [-0.39, 0.29) is 5.41 Å². The summed E-state index contributed by atoms with van der Waals surface area (Å²) in [5, 5.41) is 9.29. The van der Waals surface area contributed by atoms with Crippen LogP contribution in [0.5, 0.6) is 5.75 Å². The van der Waals surface area contributed by atoms with E-state index in [9.17, 15) is 5.11 Å². The van der Waals surface area contributed by atoms with Crippen LogP contribution in [0, 0.1) is 0 Å². The molecule has 2 aromatic rings. The molecule has 1 nitrogen and oxygen atoms in total. The third-order valence-electron chi connectivity index (χ3n) is 3.75. The maximum absolute atomic E-state index is 9.29. The van der Waals surface area contributed by atoms with Crippen LogP contribution >= 0.6 is 0 Å². The summed E-state index contributed by atoms with van der Waals surface area (Å²) in [6.07, 6.45) is 1.13. The van der Waals surface area contributed by atoms with E-state index in [1.54, 1.807) is 12.1 Å². The largest absolute Gasteiger partial charge is 0.508 e. The predicted octanol–water partition coefficient (Wildman–Crippen LogP) is 4.75. The molecule has 0 aliphatic rings. The third kappa shape index (κ3) is 2.56. The molecule has 18 heavy (non-hydrogen) atoms. The average Bonchev–Trinajstić information content (AvgIpc) is 2.40. The standard InChI is InChI=1S/C17H20O/c1-4-17(2,3)15-9-5-13(6-10-15)14-7-11-16(18)12-8-14/h5-12,18H,4H2,1-3H3. The van der Waals surface area contributed by atoms with Crippen molar-refractivity contribution in [1.29, 1.82) is 0 Å². The summed E-state index contributed by atoms with van der Waals surface area (Å²) in [7, 11) is 0. The molecule has 0 amide bonds. The second-order valence-corrected chi connectivity index (χ2v) is 5.36. The predicted molar refractivity (Wildman–Crippen MR) is 76.9 cm³/mol.